The van der Waals surface area contributed by atoms with Crippen molar-refractivity contribution in [3.05, 3.63) is 118 Å². The van der Waals surface area contributed by atoms with E-state index in [2.05, 4.69) is 30.6 Å². The Kier molecular flexibility index (Phi) is 34.1. The van der Waals surface area contributed by atoms with E-state index in [1.165, 1.54) is 142 Å². The number of rotatable bonds is 32. The third-order valence-corrected chi connectivity index (χ3v) is 26.4. The summed E-state index contributed by atoms with van der Waals surface area (Å²) in [6, 6.07) is 6.87. The van der Waals surface area contributed by atoms with Gasteiger partial charge in [-0.25, -0.2) is 27.2 Å². The minimum absolute atomic E-state index is 0.0461. The van der Waals surface area contributed by atoms with Crippen LogP contribution in [0.2, 0.25) is 0 Å². The van der Waals surface area contributed by atoms with Crippen LogP contribution in [0.25, 0.3) is 66.4 Å². The highest BCUT2D eigenvalue weighted by Crippen LogP contribution is 2.44. The van der Waals surface area contributed by atoms with Crippen molar-refractivity contribution in [2.24, 2.45) is 11.5 Å². The molecule has 0 bridgehead atoms. The minimum Gasteiger partial charge on any atom is -0.460 e. The van der Waals surface area contributed by atoms with Crippen molar-refractivity contribution >= 4 is 115 Å². The summed E-state index contributed by atoms with van der Waals surface area (Å²) in [4.78, 5) is 184. The lowest BCUT2D eigenvalue weighted by atomic mass is 9.93. The number of halogens is 4. The smallest absolute Gasteiger partial charge is 0.410 e. The number of likely N-dealkylation sites (tertiary alicyclic amines) is 4. The maximum Gasteiger partial charge on any atom is 0.410 e. The Morgan fingerprint density at radius 2 is 0.609 bits per heavy atom. The van der Waals surface area contributed by atoms with Gasteiger partial charge >= 0.3 is 36.1 Å². The first kappa shape index (κ1) is 106. The molecule has 138 heavy (non-hydrogen) atoms. The number of carbonyl (C=O) groups excluding carboxylic acids is 12. The van der Waals surface area contributed by atoms with Crippen molar-refractivity contribution < 1.29 is 122 Å². The number of methoxy groups -OCH3 is 4. The molecule has 8 aromatic rings. The van der Waals surface area contributed by atoms with E-state index in [0.717, 1.165) is 9.80 Å². The van der Waals surface area contributed by atoms with Gasteiger partial charge in [0.2, 0.25) is 35.4 Å². The van der Waals surface area contributed by atoms with Crippen LogP contribution in [-0.2, 0) is 121 Å². The van der Waals surface area contributed by atoms with Gasteiger partial charge in [0.25, 0.3) is 0 Å². The lowest BCUT2D eigenvalue weighted by molar-refractivity contribution is -0.150. The number of ether oxygens (including phenoxy) is 10. The van der Waals surface area contributed by atoms with Crippen LogP contribution in [0, 0.1) is 23.3 Å². The van der Waals surface area contributed by atoms with E-state index in [-0.39, 0.29) is 76.5 Å². The molecule has 4 aromatic carbocycles. The third-order valence-electron chi connectivity index (χ3n) is 26.4. The number of nitrogens with one attached hydrogen (secondary N) is 6. The summed E-state index contributed by atoms with van der Waals surface area (Å²) < 4.78 is 117. The van der Waals surface area contributed by atoms with Gasteiger partial charge in [-0.2, -0.15) is 0 Å². The highest BCUT2D eigenvalue weighted by Gasteiger charge is 2.50. The molecule has 0 aliphatic carbocycles. The van der Waals surface area contributed by atoms with E-state index in [1.54, 1.807) is 103 Å². The topological polar surface area (TPSA) is 456 Å². The molecule has 8 amide bonds. The number of esters is 4. The predicted molar refractivity (Wildman–Crippen MR) is 501 cm³/mol. The first-order valence-electron chi connectivity index (χ1n) is 46.1. The molecular formula is C98H130F4N14O22. The average molecular weight is 1930 g/mol. The quantitative estimate of drug-likeness (QED) is 0.0110. The molecular weight excluding hydrogens is 1800 g/mol. The predicted octanol–water partition coefficient (Wildman–Crippen LogP) is 9.76. The van der Waals surface area contributed by atoms with Crippen molar-refractivity contribution in [2.75, 3.05) is 68.7 Å². The van der Waals surface area contributed by atoms with Gasteiger partial charge in [-0.1, -0.05) is 0 Å². The number of nitrogens with two attached hydrogens (primary N) is 2. The molecule has 0 saturated carbocycles. The molecule has 4 aliphatic heterocycles. The molecule has 4 aromatic heterocycles. The van der Waals surface area contributed by atoms with Gasteiger partial charge in [0.05, 0.1) is 71.4 Å². The lowest BCUT2D eigenvalue weighted by Crippen LogP contribution is -2.59. The van der Waals surface area contributed by atoms with E-state index < -0.39 is 203 Å². The SMILES string of the molecule is CO[C@H](C)[C@H](N)C(=O)N1CC[C@H](OC(C)=O)[C@H]1Cc1c(-c2[nH]c3cc(F)ccc3c2C[C@@H]2[C@@H](OC(C)=O)CCN2C(=O)[C@@H](N)[C@@H](C)OC)[nH]c2cc(F)ccc12.CO[C@H](C)[C@H](NC(=O)[C@H](C)N(C)C(=O)OC(C)(C)C)C(=O)N1CC[C@H](OC(C)=O)[C@H]1Cc1c(-c2[nH]c3cc(F)ccc3c2C[C@@H]2[C@@H](OC(C)=O)CCN2C(=O)[C@@H](NC(=O)[C@H](C)N(C)C(=O)OC(C)(C)C)[C@@H](C)OC)[nH]c2cc(F)ccc12. The molecule has 12 rings (SSSR count). The Morgan fingerprint density at radius 3 is 0.819 bits per heavy atom. The van der Waals surface area contributed by atoms with Crippen molar-refractivity contribution in [1.82, 2.24) is 60.0 Å². The number of amides is 8. The molecule has 0 spiro atoms. The largest absolute Gasteiger partial charge is 0.460 e. The molecule has 4 saturated heterocycles. The maximum absolute atomic E-state index is 15.3. The van der Waals surface area contributed by atoms with Gasteiger partial charge in [0, 0.05) is 166 Å². The highest BCUT2D eigenvalue weighted by atomic mass is 19.1. The number of nitrogens with zero attached hydrogens (tertiary/aromatic N) is 6. The Morgan fingerprint density at radius 1 is 0.384 bits per heavy atom. The molecule has 0 unspecified atom stereocenters. The number of fused-ring (bicyclic) bond motifs is 4. The fourth-order valence-corrected chi connectivity index (χ4v) is 18.6. The Labute approximate surface area is 797 Å². The number of aromatic nitrogens is 4. The summed E-state index contributed by atoms with van der Waals surface area (Å²) in [5, 5.41) is 7.87. The van der Waals surface area contributed by atoms with Crippen LogP contribution in [0.1, 0.15) is 159 Å². The van der Waals surface area contributed by atoms with Gasteiger partial charge in [-0.15, -0.1) is 0 Å². The van der Waals surface area contributed by atoms with Gasteiger partial charge in [0.1, 0.15) is 95.1 Å². The fourth-order valence-electron chi connectivity index (χ4n) is 18.6. The number of benzene rings is 4. The summed E-state index contributed by atoms with van der Waals surface area (Å²) in [7, 11) is 8.47. The van der Waals surface area contributed by atoms with Crippen molar-refractivity contribution in [1.29, 1.82) is 0 Å². The summed E-state index contributed by atoms with van der Waals surface area (Å²) in [5.41, 5.74) is 16.6. The van der Waals surface area contributed by atoms with Gasteiger partial charge in [-0.05, 0) is 204 Å². The maximum atomic E-state index is 15.3. The standard InChI is InChI=1S/C58H80F2N8O14.C40H50F2N6O8/c1-29(65(13)55(75)81-57(7,8)9)51(71)63-47(31(3)77-15)53(73)67-23-21-45(79-33(5)69)43(67)27-39-37-19-17-35(59)25-41(37)61-49(39)50-40(38-20-18-36(60)26-42(38)62-50)28-44-46(80-34(6)70)22-24-68(44)54(74)48(32(4)78-16)64-52(72)30(2)66(14)56(76)82-58(10,11)12;1-19(53-5)35(43)39(51)47-13-11-33(55-21(3)49)31(47)17-27-25-9-7-23(41)15-29(25)45-37(27)38-28(26-10-8-24(42)16-30(26)46-38)18-32-34(56-22(4)50)12-14-48(32)40(52)36(44)20(2)54-6/h17-20,25-26,29-32,43-48,61-62H,21-24,27-28H2,1-16H3,(H,63,71)(H,64,72);7-10,15-16,19-20,31-36,45-46H,11-14,17-18,43-44H2,1-6H3/t29-,30-,31+,32+,43+,44+,45-,46-,47-,48-;19-,20-,31-,32-,33+,34+,35+,36+/m01/s1. The summed E-state index contributed by atoms with van der Waals surface area (Å²) in [5.74, 6) is -7.71. The first-order valence-corrected chi connectivity index (χ1v) is 46.1. The van der Waals surface area contributed by atoms with Crippen LogP contribution in [-0.4, -0.2) is 310 Å². The summed E-state index contributed by atoms with van der Waals surface area (Å²) >= 11 is 0. The van der Waals surface area contributed by atoms with E-state index in [0.29, 0.717) is 101 Å². The second-order valence-corrected chi connectivity index (χ2v) is 38.0. The van der Waals surface area contributed by atoms with Crippen LogP contribution < -0.4 is 22.1 Å². The van der Waals surface area contributed by atoms with Crippen LogP contribution in [0.3, 0.4) is 0 Å². The monoisotopic (exact) mass is 1930 g/mol. The number of hydrogen-bond donors (Lipinski definition) is 8. The number of H-pyrrole nitrogens is 4. The zero-order valence-electron chi connectivity index (χ0n) is 82.1. The van der Waals surface area contributed by atoms with Crippen LogP contribution in [0.5, 0.6) is 0 Å². The Hall–Kier alpha value is -12.2. The van der Waals surface area contributed by atoms with Gasteiger partial charge in [-0.3, -0.25) is 57.7 Å². The van der Waals surface area contributed by atoms with Crippen LogP contribution >= 0.6 is 0 Å². The van der Waals surface area contributed by atoms with Crippen LogP contribution in [0.4, 0.5) is 27.2 Å². The molecule has 10 N–H and O–H groups in total. The lowest BCUT2D eigenvalue weighted by Gasteiger charge is -2.34. The zero-order valence-corrected chi connectivity index (χ0v) is 82.1. The molecule has 0 radical (unpaired) electrons. The van der Waals surface area contributed by atoms with E-state index in [4.69, 9.17) is 58.8 Å². The third kappa shape index (κ3) is 24.2. The minimum atomic E-state index is -1.32. The zero-order chi connectivity index (χ0) is 102. The van der Waals surface area contributed by atoms with Gasteiger partial charge < -0.3 is 109 Å². The van der Waals surface area contributed by atoms with E-state index in [9.17, 15) is 56.7 Å². The number of carbonyl (C=O) groups is 12. The van der Waals surface area contributed by atoms with E-state index in [1.807, 2.05) is 0 Å². The van der Waals surface area contributed by atoms with Crippen molar-refractivity contribution in [2.45, 2.75) is 283 Å². The average Bonchev–Trinajstić information content (AvgIpc) is 1.59. The van der Waals surface area contributed by atoms with E-state index >= 15 is 18.4 Å². The molecule has 36 nitrogen and oxygen atoms in total. The molecule has 18 atom stereocenters. The molecule has 4 aliphatic rings. The normalized spacial score (nSPS) is 20.6. The Balaban J connectivity index is 0.000000283. The summed E-state index contributed by atoms with van der Waals surface area (Å²) in [6.07, 6.45) is -6.41. The van der Waals surface area contributed by atoms with Crippen LogP contribution in [0.15, 0.2) is 72.8 Å². The second-order valence-electron chi connectivity index (χ2n) is 38.0. The number of aromatic amines is 4. The Bertz CT molecular complexity index is 5500. The number of hydrogen-bond acceptors (Lipinski definition) is 24. The van der Waals surface area contributed by atoms with Gasteiger partial charge in [0.15, 0.2) is 0 Å². The molecule has 4 fully saturated rings. The molecule has 8 heterocycles. The van der Waals surface area contributed by atoms with Crippen molar-refractivity contribution in [3.8, 4) is 22.8 Å². The summed E-state index contributed by atoms with van der Waals surface area (Å²) in [6.45, 7) is 25.4. The fraction of sp³-hybridized carbons (Fsp3) is 0.551. The first-order chi connectivity index (χ1) is 64.9. The number of likely N-dealkylation sites (N-methyl/N-ethyl adjacent to an activating group) is 2. The molecule has 752 valence electrons. The molecule has 40 heteroatoms. The second kappa shape index (κ2) is 44.3. The highest BCUT2D eigenvalue weighted by molar-refractivity contribution is 6.00. The van der Waals surface area contributed by atoms with Crippen molar-refractivity contribution in [3.63, 3.8) is 0 Å².